The largest absolute Gasteiger partial charge is 0.478 e. The van der Waals surface area contributed by atoms with Crippen molar-refractivity contribution in [3.63, 3.8) is 0 Å². The highest BCUT2D eigenvalue weighted by Gasteiger charge is 2.15. The Labute approximate surface area is 132 Å². The Morgan fingerprint density at radius 2 is 2.00 bits per heavy atom. The van der Waals surface area contributed by atoms with Crippen molar-refractivity contribution >= 4 is 11.9 Å². The molecule has 1 saturated heterocycles. The van der Waals surface area contributed by atoms with E-state index in [4.69, 9.17) is 14.6 Å². The molecule has 1 rings (SSSR count). The van der Waals surface area contributed by atoms with Crippen LogP contribution in [0.15, 0.2) is 11.6 Å². The van der Waals surface area contributed by atoms with Gasteiger partial charge in [-0.3, -0.25) is 4.90 Å². The summed E-state index contributed by atoms with van der Waals surface area (Å²) in [5.74, 6) is -1.17. The summed E-state index contributed by atoms with van der Waals surface area (Å²) in [6.45, 7) is 8.49. The summed E-state index contributed by atoms with van der Waals surface area (Å²) >= 11 is 0. The van der Waals surface area contributed by atoms with E-state index in [1.165, 1.54) is 0 Å². The van der Waals surface area contributed by atoms with Crippen molar-refractivity contribution in [2.24, 2.45) is 5.92 Å². The lowest BCUT2D eigenvalue weighted by Crippen LogP contribution is -2.36. The Bertz CT molecular complexity index is 386. The normalized spacial score (nSPS) is 16.8. The lowest BCUT2D eigenvalue weighted by atomic mass is 10.1. The van der Waals surface area contributed by atoms with Crippen LogP contribution in [-0.4, -0.2) is 61.4 Å². The number of esters is 1. The van der Waals surface area contributed by atoms with E-state index in [0.29, 0.717) is 18.9 Å². The molecule has 0 amide bonds. The number of hydrogen-bond acceptors (Lipinski definition) is 5. The first kappa shape index (κ1) is 18.6. The number of carboxylic acid groups (broad SMARTS) is 1. The van der Waals surface area contributed by atoms with Gasteiger partial charge in [-0.05, 0) is 31.7 Å². The lowest BCUT2D eigenvalue weighted by molar-refractivity contribution is -0.140. The van der Waals surface area contributed by atoms with E-state index in [1.54, 1.807) is 0 Å². The maximum Gasteiger partial charge on any atom is 0.334 e. The van der Waals surface area contributed by atoms with Crippen LogP contribution in [0.25, 0.3) is 0 Å². The van der Waals surface area contributed by atoms with Gasteiger partial charge >= 0.3 is 11.9 Å². The molecule has 0 aromatic rings. The first-order valence-corrected chi connectivity index (χ1v) is 7.89. The molecule has 0 radical (unpaired) electrons. The zero-order valence-electron chi connectivity index (χ0n) is 13.5. The Morgan fingerprint density at radius 3 is 2.59 bits per heavy atom. The first-order valence-electron chi connectivity index (χ1n) is 7.89. The molecule has 0 atom stereocenters. The van der Waals surface area contributed by atoms with Crippen LogP contribution >= 0.6 is 0 Å². The molecule has 1 N–H and O–H groups in total. The van der Waals surface area contributed by atoms with Crippen molar-refractivity contribution in [1.29, 1.82) is 0 Å². The number of nitrogens with zero attached hydrogens (tertiary/aromatic N) is 1. The molecular weight excluding hydrogens is 286 g/mol. The summed E-state index contributed by atoms with van der Waals surface area (Å²) in [5.41, 5.74) is 0.240. The fourth-order valence-corrected chi connectivity index (χ4v) is 2.18. The molecule has 0 saturated carbocycles. The molecule has 0 unspecified atom stereocenters. The number of carboxylic acids is 1. The lowest BCUT2D eigenvalue weighted by Gasteiger charge is -2.26. The van der Waals surface area contributed by atoms with Crippen LogP contribution in [0.5, 0.6) is 0 Å². The van der Waals surface area contributed by atoms with Gasteiger partial charge in [0.15, 0.2) is 0 Å². The topological polar surface area (TPSA) is 76.1 Å². The smallest absolute Gasteiger partial charge is 0.334 e. The quantitative estimate of drug-likeness (QED) is 0.516. The Hall–Kier alpha value is -1.40. The maximum atomic E-state index is 12.0. The minimum atomic E-state index is -1.11. The van der Waals surface area contributed by atoms with Gasteiger partial charge in [0.2, 0.25) is 0 Å². The standard InChI is InChI=1S/C16H27NO5/c1-13(2)5-9-22-16(20)14(12-15(18)19)4-3-6-17-7-10-21-11-8-17/h12-13H,3-11H2,1-2H3,(H,18,19)/b14-12+. The van der Waals surface area contributed by atoms with E-state index in [9.17, 15) is 9.59 Å². The van der Waals surface area contributed by atoms with E-state index in [1.807, 2.05) is 13.8 Å². The molecule has 1 aliphatic heterocycles. The molecule has 0 spiro atoms. The van der Waals surface area contributed by atoms with Gasteiger partial charge in [0, 0.05) is 24.7 Å². The van der Waals surface area contributed by atoms with Gasteiger partial charge in [-0.25, -0.2) is 9.59 Å². The highest BCUT2D eigenvalue weighted by Crippen LogP contribution is 2.11. The average Bonchev–Trinajstić information content (AvgIpc) is 2.46. The molecule has 22 heavy (non-hydrogen) atoms. The van der Waals surface area contributed by atoms with Gasteiger partial charge in [0.05, 0.1) is 19.8 Å². The van der Waals surface area contributed by atoms with Crippen LogP contribution in [0.1, 0.15) is 33.1 Å². The third kappa shape index (κ3) is 8.14. The number of rotatable bonds is 9. The highest BCUT2D eigenvalue weighted by molar-refractivity contribution is 5.95. The van der Waals surface area contributed by atoms with Crippen LogP contribution in [-0.2, 0) is 19.1 Å². The van der Waals surface area contributed by atoms with Crippen molar-refractivity contribution in [3.05, 3.63) is 11.6 Å². The van der Waals surface area contributed by atoms with Crippen molar-refractivity contribution in [3.8, 4) is 0 Å². The van der Waals surface area contributed by atoms with Crippen molar-refractivity contribution < 1.29 is 24.2 Å². The minimum absolute atomic E-state index is 0.240. The summed E-state index contributed by atoms with van der Waals surface area (Å²) in [5, 5.41) is 8.88. The van der Waals surface area contributed by atoms with Gasteiger partial charge in [-0.15, -0.1) is 0 Å². The van der Waals surface area contributed by atoms with Gasteiger partial charge in [0.1, 0.15) is 0 Å². The van der Waals surface area contributed by atoms with Gasteiger partial charge < -0.3 is 14.6 Å². The summed E-state index contributed by atoms with van der Waals surface area (Å²) in [7, 11) is 0. The number of hydrogen-bond donors (Lipinski definition) is 1. The molecule has 1 fully saturated rings. The molecule has 1 aliphatic rings. The second-order valence-corrected chi connectivity index (χ2v) is 5.88. The molecule has 6 heteroatoms. The fourth-order valence-electron chi connectivity index (χ4n) is 2.18. The summed E-state index contributed by atoms with van der Waals surface area (Å²) in [6, 6.07) is 0. The molecule has 0 aromatic carbocycles. The summed E-state index contributed by atoms with van der Waals surface area (Å²) in [4.78, 5) is 25.1. The van der Waals surface area contributed by atoms with E-state index in [2.05, 4.69) is 4.90 Å². The summed E-state index contributed by atoms with van der Waals surface area (Å²) < 4.78 is 10.4. The van der Waals surface area contributed by atoms with Gasteiger partial charge in [-0.2, -0.15) is 0 Å². The second kappa shape index (κ2) is 10.3. The van der Waals surface area contributed by atoms with E-state index < -0.39 is 11.9 Å². The molecule has 6 nitrogen and oxygen atoms in total. The molecular formula is C16H27NO5. The van der Waals surface area contributed by atoms with Crippen LogP contribution in [0.3, 0.4) is 0 Å². The number of ether oxygens (including phenoxy) is 2. The monoisotopic (exact) mass is 313 g/mol. The number of carbonyl (C=O) groups is 2. The second-order valence-electron chi connectivity index (χ2n) is 5.88. The van der Waals surface area contributed by atoms with Crippen molar-refractivity contribution in [2.45, 2.75) is 33.1 Å². The molecule has 0 bridgehead atoms. The van der Waals surface area contributed by atoms with E-state index in [0.717, 1.165) is 51.8 Å². The third-order valence-electron chi connectivity index (χ3n) is 3.51. The van der Waals surface area contributed by atoms with Crippen LogP contribution < -0.4 is 0 Å². The van der Waals surface area contributed by atoms with E-state index >= 15 is 0 Å². The zero-order chi connectivity index (χ0) is 16.4. The number of morpholine rings is 1. The number of carbonyl (C=O) groups excluding carboxylic acids is 1. The SMILES string of the molecule is CC(C)CCOC(=O)/C(=C/C(=O)O)CCCN1CCOCC1. The van der Waals surface area contributed by atoms with Crippen molar-refractivity contribution in [2.75, 3.05) is 39.5 Å². The predicted molar refractivity (Wildman–Crippen MR) is 82.6 cm³/mol. The van der Waals surface area contributed by atoms with Crippen molar-refractivity contribution in [1.82, 2.24) is 4.90 Å². The summed E-state index contributed by atoms with van der Waals surface area (Å²) in [6.07, 6.45) is 2.90. The Balaban J connectivity index is 2.39. The third-order valence-corrected chi connectivity index (χ3v) is 3.51. The number of aliphatic carboxylic acids is 1. The van der Waals surface area contributed by atoms with Gasteiger partial charge in [-0.1, -0.05) is 13.8 Å². The van der Waals surface area contributed by atoms with Crippen LogP contribution in [0.4, 0.5) is 0 Å². The van der Waals surface area contributed by atoms with Crippen LogP contribution in [0, 0.1) is 5.92 Å². The average molecular weight is 313 g/mol. The fraction of sp³-hybridized carbons (Fsp3) is 0.750. The molecule has 126 valence electrons. The minimum Gasteiger partial charge on any atom is -0.478 e. The van der Waals surface area contributed by atoms with Gasteiger partial charge in [0.25, 0.3) is 0 Å². The first-order chi connectivity index (χ1) is 10.5. The molecule has 1 heterocycles. The highest BCUT2D eigenvalue weighted by atomic mass is 16.5. The zero-order valence-corrected chi connectivity index (χ0v) is 13.5. The van der Waals surface area contributed by atoms with E-state index in [-0.39, 0.29) is 5.57 Å². The van der Waals surface area contributed by atoms with Crippen LogP contribution in [0.2, 0.25) is 0 Å². The Kier molecular flexibility index (Phi) is 8.77. The maximum absolute atomic E-state index is 12.0. The molecule has 0 aromatic heterocycles. The Morgan fingerprint density at radius 1 is 1.32 bits per heavy atom. The predicted octanol–water partition coefficient (Wildman–Crippen LogP) is 1.70. The molecule has 0 aliphatic carbocycles.